The van der Waals surface area contributed by atoms with Gasteiger partial charge in [0.2, 0.25) is 10.0 Å². The normalized spacial score (nSPS) is 13.4. The number of likely N-dealkylation sites (N-methyl/N-ethyl adjacent to an activating group) is 1. The molecule has 3 N–H and O–H groups in total. The first-order valence-electron chi connectivity index (χ1n) is 13.3. The largest absolute Gasteiger partial charge is 0.468 e. The van der Waals surface area contributed by atoms with Gasteiger partial charge < -0.3 is 24.7 Å². The fourth-order valence-corrected chi connectivity index (χ4v) is 6.40. The van der Waals surface area contributed by atoms with E-state index in [2.05, 4.69) is 5.32 Å². The quantitative estimate of drug-likeness (QED) is 0.228. The van der Waals surface area contributed by atoms with Crippen molar-refractivity contribution in [1.82, 2.24) is 4.31 Å². The summed E-state index contributed by atoms with van der Waals surface area (Å²) in [5.41, 5.74) is 3.53. The molecule has 2 atom stereocenters. The van der Waals surface area contributed by atoms with Crippen molar-refractivity contribution < 1.29 is 37.4 Å². The lowest BCUT2D eigenvalue weighted by atomic mass is 10.0. The highest BCUT2D eigenvalue weighted by molar-refractivity contribution is 7.89. The number of methoxy groups -OCH3 is 1. The maximum absolute atomic E-state index is 13.2. The smallest absolute Gasteiger partial charge is 0.324 e. The van der Waals surface area contributed by atoms with Crippen molar-refractivity contribution in [2.45, 2.75) is 37.8 Å². The number of ether oxygens (including phenoxy) is 1. The Kier molecular flexibility index (Phi) is 9.17. The zero-order chi connectivity index (χ0) is 30.8. The molecule has 1 unspecified atom stereocenters. The first-order chi connectivity index (χ1) is 19.9. The van der Waals surface area contributed by atoms with Crippen LogP contribution in [0.3, 0.4) is 0 Å². The van der Waals surface area contributed by atoms with Crippen LogP contribution in [0.15, 0.2) is 76.0 Å². The number of nitrogens with zero attached hydrogens (tertiary/aromatic N) is 1. The minimum Gasteiger partial charge on any atom is -0.468 e. The number of hydrogen-bond acceptors (Lipinski definition) is 8. The van der Waals surface area contributed by atoms with Crippen LogP contribution in [0.25, 0.3) is 22.1 Å². The number of amides is 1. The van der Waals surface area contributed by atoms with E-state index >= 15 is 0 Å². The second-order valence-electron chi connectivity index (χ2n) is 10.3. The fourth-order valence-electron chi connectivity index (χ4n) is 4.96. The Morgan fingerprint density at radius 3 is 2.14 bits per heavy atom. The van der Waals surface area contributed by atoms with Crippen LogP contribution in [-0.4, -0.2) is 61.6 Å². The Hall–Kier alpha value is -4.03. The molecule has 0 bridgehead atoms. The summed E-state index contributed by atoms with van der Waals surface area (Å²) in [4.78, 5) is 25.3. The van der Waals surface area contributed by atoms with Gasteiger partial charge in [0.1, 0.15) is 17.7 Å². The minimum absolute atomic E-state index is 0.0445. The highest BCUT2D eigenvalue weighted by Crippen LogP contribution is 2.32. The molecule has 11 heteroatoms. The zero-order valence-corrected chi connectivity index (χ0v) is 24.8. The predicted octanol–water partition coefficient (Wildman–Crippen LogP) is 4.50. The SMILES string of the molecule is COC(=O)[C@H](C(C)C)N(C)S(=O)(=O)c1ccc(-c2ccc(NC(=O)c3oc4cccc(C(O)CO)c4c3C)cc2)cc1. The Morgan fingerprint density at radius 1 is 1.00 bits per heavy atom. The van der Waals surface area contributed by atoms with Crippen LogP contribution in [0.1, 0.15) is 41.6 Å². The molecular formula is C31H34N2O8S. The van der Waals surface area contributed by atoms with E-state index in [1.807, 2.05) is 0 Å². The molecule has 0 aliphatic rings. The van der Waals surface area contributed by atoms with E-state index < -0.39 is 40.7 Å². The lowest BCUT2D eigenvalue weighted by Gasteiger charge is -2.28. The molecule has 0 saturated carbocycles. The average Bonchev–Trinajstić information content (AvgIpc) is 3.33. The number of carbonyl (C=O) groups excluding carboxylic acids is 2. The Balaban J connectivity index is 1.51. The number of nitrogens with one attached hydrogen (secondary N) is 1. The van der Waals surface area contributed by atoms with Gasteiger partial charge >= 0.3 is 5.97 Å². The average molecular weight is 595 g/mol. The summed E-state index contributed by atoms with van der Waals surface area (Å²) in [6.07, 6.45) is -1.10. The van der Waals surface area contributed by atoms with Gasteiger partial charge in [-0.1, -0.05) is 50.2 Å². The summed E-state index contributed by atoms with van der Waals surface area (Å²) >= 11 is 0. The van der Waals surface area contributed by atoms with E-state index in [9.17, 15) is 28.2 Å². The van der Waals surface area contributed by atoms with E-state index in [1.165, 1.54) is 26.3 Å². The van der Waals surface area contributed by atoms with Crippen LogP contribution >= 0.6 is 0 Å². The number of hydrogen-bond donors (Lipinski definition) is 3. The number of aliphatic hydroxyl groups excluding tert-OH is 2. The lowest BCUT2D eigenvalue weighted by Crippen LogP contribution is -2.46. The number of rotatable bonds is 10. The highest BCUT2D eigenvalue weighted by atomic mass is 32.2. The van der Waals surface area contributed by atoms with E-state index in [4.69, 9.17) is 9.15 Å². The van der Waals surface area contributed by atoms with Crippen molar-refractivity contribution >= 4 is 38.6 Å². The van der Waals surface area contributed by atoms with Crippen molar-refractivity contribution in [1.29, 1.82) is 0 Å². The molecule has 0 spiro atoms. The summed E-state index contributed by atoms with van der Waals surface area (Å²) in [5, 5.41) is 22.9. The molecule has 4 rings (SSSR count). The number of furan rings is 1. The van der Waals surface area contributed by atoms with Crippen molar-refractivity contribution in [3.63, 3.8) is 0 Å². The van der Waals surface area contributed by atoms with E-state index in [0.29, 0.717) is 27.8 Å². The number of sulfonamides is 1. The summed E-state index contributed by atoms with van der Waals surface area (Å²) in [6.45, 7) is 4.76. The monoisotopic (exact) mass is 594 g/mol. The van der Waals surface area contributed by atoms with E-state index in [0.717, 1.165) is 15.4 Å². The molecule has 222 valence electrons. The lowest BCUT2D eigenvalue weighted by molar-refractivity contribution is -0.146. The van der Waals surface area contributed by atoms with Gasteiger partial charge in [-0.3, -0.25) is 9.59 Å². The van der Waals surface area contributed by atoms with Gasteiger partial charge in [0, 0.05) is 23.7 Å². The zero-order valence-electron chi connectivity index (χ0n) is 24.0. The molecule has 0 aliphatic heterocycles. The van der Waals surface area contributed by atoms with Crippen LogP contribution < -0.4 is 5.32 Å². The van der Waals surface area contributed by atoms with E-state index in [-0.39, 0.29) is 16.6 Å². The van der Waals surface area contributed by atoms with Gasteiger partial charge in [-0.25, -0.2) is 8.42 Å². The van der Waals surface area contributed by atoms with Crippen molar-refractivity contribution in [3.8, 4) is 11.1 Å². The third-order valence-corrected chi connectivity index (χ3v) is 9.05. The molecule has 1 aromatic heterocycles. The number of aryl methyl sites for hydroxylation is 1. The number of benzene rings is 3. The molecule has 3 aromatic carbocycles. The number of anilines is 1. The van der Waals surface area contributed by atoms with Gasteiger partial charge in [0.25, 0.3) is 5.91 Å². The number of carbonyl (C=O) groups is 2. The first kappa shape index (κ1) is 30.9. The van der Waals surface area contributed by atoms with Gasteiger partial charge in [-0.05, 0) is 59.9 Å². The summed E-state index contributed by atoms with van der Waals surface area (Å²) in [7, 11) is -1.37. The molecule has 0 saturated heterocycles. The molecule has 42 heavy (non-hydrogen) atoms. The highest BCUT2D eigenvalue weighted by Gasteiger charge is 2.35. The summed E-state index contributed by atoms with van der Waals surface area (Å²) in [5.74, 6) is -1.28. The molecule has 1 heterocycles. The van der Waals surface area contributed by atoms with Gasteiger partial charge in [0.05, 0.1) is 18.6 Å². The van der Waals surface area contributed by atoms with Crippen molar-refractivity contribution in [2.24, 2.45) is 5.92 Å². The summed E-state index contributed by atoms with van der Waals surface area (Å²) < 4.78 is 38.0. The molecule has 0 radical (unpaired) electrons. The van der Waals surface area contributed by atoms with Crippen LogP contribution in [0.4, 0.5) is 5.69 Å². The number of fused-ring (bicyclic) bond motifs is 1. The molecule has 0 aliphatic carbocycles. The minimum atomic E-state index is -3.96. The Labute approximate surface area is 244 Å². The molecule has 0 fully saturated rings. The van der Waals surface area contributed by atoms with Gasteiger partial charge in [-0.15, -0.1) is 0 Å². The molecule has 1 amide bonds. The number of aliphatic hydroxyl groups is 2. The Morgan fingerprint density at radius 2 is 1.60 bits per heavy atom. The van der Waals surface area contributed by atoms with Gasteiger partial charge in [0.15, 0.2) is 5.76 Å². The van der Waals surface area contributed by atoms with Gasteiger partial charge in [-0.2, -0.15) is 4.31 Å². The Bertz CT molecular complexity index is 1690. The maximum atomic E-state index is 13.2. The van der Waals surface area contributed by atoms with E-state index in [1.54, 1.807) is 75.4 Å². The predicted molar refractivity (Wildman–Crippen MR) is 158 cm³/mol. The first-order valence-corrected chi connectivity index (χ1v) is 14.7. The third-order valence-electron chi connectivity index (χ3n) is 7.20. The van der Waals surface area contributed by atoms with Crippen molar-refractivity contribution in [2.75, 3.05) is 26.1 Å². The fraction of sp³-hybridized carbons (Fsp3) is 0.290. The number of esters is 1. The van der Waals surface area contributed by atoms with Crippen molar-refractivity contribution in [3.05, 3.63) is 83.6 Å². The topological polar surface area (TPSA) is 146 Å². The van der Waals surface area contributed by atoms with Crippen LogP contribution in [0.2, 0.25) is 0 Å². The standard InChI is InChI=1S/C31H34N2O8S/c1-18(2)28(31(37)40-5)33(4)42(38,39)23-15-11-21(12-16-23)20-9-13-22(14-10-20)32-30(36)29-19(3)27-24(25(35)17-34)7-6-8-26(27)41-29/h6-16,18,25,28,34-35H,17H2,1-5H3,(H,32,36)/t25?,28-/m0/s1. The molecular weight excluding hydrogens is 560 g/mol. The second kappa shape index (κ2) is 12.5. The van der Waals surface area contributed by atoms with Crippen LogP contribution in [-0.2, 0) is 19.6 Å². The third kappa shape index (κ3) is 5.95. The molecule has 4 aromatic rings. The molecule has 10 nitrogen and oxygen atoms in total. The van der Waals surface area contributed by atoms with Crippen LogP contribution in [0.5, 0.6) is 0 Å². The summed E-state index contributed by atoms with van der Waals surface area (Å²) in [6, 6.07) is 17.4. The maximum Gasteiger partial charge on any atom is 0.324 e. The van der Waals surface area contributed by atoms with Crippen LogP contribution in [0, 0.1) is 12.8 Å². The second-order valence-corrected chi connectivity index (χ2v) is 12.3.